The van der Waals surface area contributed by atoms with Crippen LogP contribution in [-0.4, -0.2) is 50.8 Å². The van der Waals surface area contributed by atoms with Gasteiger partial charge in [0.15, 0.2) is 14.0 Å². The highest BCUT2D eigenvalue weighted by Crippen LogP contribution is 2.40. The number of carbonyl (C=O) groups is 1. The molecule has 40 heavy (non-hydrogen) atoms. The van der Waals surface area contributed by atoms with Gasteiger partial charge in [-0.25, -0.2) is 4.98 Å². The highest BCUT2D eigenvalue weighted by molar-refractivity contribution is 6.74. The van der Waals surface area contributed by atoms with Gasteiger partial charge in [0.25, 0.3) is 5.91 Å². The van der Waals surface area contributed by atoms with Gasteiger partial charge in [-0.2, -0.15) is 0 Å². The van der Waals surface area contributed by atoms with E-state index in [4.69, 9.17) is 25.6 Å². The molecule has 1 unspecified atom stereocenters. The molecule has 0 aliphatic rings. The van der Waals surface area contributed by atoms with Gasteiger partial charge in [0.05, 0.1) is 6.61 Å². The minimum Gasteiger partial charge on any atom is -0.472 e. The molecular formula is C30H38ClN3O5Si. The highest BCUT2D eigenvalue weighted by atomic mass is 35.5. The number of aliphatic hydroxyl groups is 1. The monoisotopic (exact) mass is 583 g/mol. The lowest BCUT2D eigenvalue weighted by atomic mass is 9.88. The predicted octanol–water partition coefficient (Wildman–Crippen LogP) is 5.67. The average Bonchev–Trinajstić information content (AvgIpc) is 2.93. The fraction of sp³-hybridized carbons (Fsp3) is 0.367. The fourth-order valence-corrected chi connectivity index (χ4v) is 4.98. The Morgan fingerprint density at radius 3 is 2.33 bits per heavy atom. The number of ether oxygens (including phenoxy) is 1. The first-order valence-electron chi connectivity index (χ1n) is 13.0. The van der Waals surface area contributed by atoms with Crippen molar-refractivity contribution in [3.05, 3.63) is 94.1 Å². The summed E-state index contributed by atoms with van der Waals surface area (Å²) in [7, 11) is 0.724. The van der Waals surface area contributed by atoms with Crippen LogP contribution in [0.15, 0.2) is 72.0 Å². The topological polar surface area (TPSA) is 102 Å². The number of pyridine rings is 1. The molecule has 1 heterocycles. The van der Waals surface area contributed by atoms with Crippen LogP contribution >= 0.6 is 11.6 Å². The number of likely N-dealkylation sites (N-methyl/N-ethyl adjacent to an activating group) is 1. The maximum atomic E-state index is 12.4. The number of nitrogens with zero attached hydrogens (tertiary/aromatic N) is 2. The summed E-state index contributed by atoms with van der Waals surface area (Å²) >= 11 is 6.64. The zero-order chi connectivity index (χ0) is 29.6. The number of hydrogen-bond acceptors (Lipinski definition) is 7. The molecule has 0 spiro atoms. The van der Waals surface area contributed by atoms with Gasteiger partial charge in [-0.15, -0.1) is 0 Å². The van der Waals surface area contributed by atoms with Gasteiger partial charge < -0.3 is 24.4 Å². The molecule has 3 rings (SSSR count). The lowest BCUT2D eigenvalue weighted by Gasteiger charge is -2.39. The second-order valence-corrected chi connectivity index (χ2v) is 16.2. The highest BCUT2D eigenvalue weighted by Gasteiger charge is 2.41. The van der Waals surface area contributed by atoms with Crippen molar-refractivity contribution in [2.24, 2.45) is 5.16 Å². The van der Waals surface area contributed by atoms with Gasteiger partial charge in [-0.1, -0.05) is 92.1 Å². The van der Waals surface area contributed by atoms with Crippen molar-refractivity contribution in [1.82, 2.24) is 10.3 Å². The van der Waals surface area contributed by atoms with Crippen LogP contribution in [0.25, 0.3) is 0 Å². The van der Waals surface area contributed by atoms with Crippen LogP contribution in [0.2, 0.25) is 23.2 Å². The standard InChI is InChI=1S/C30H38ClN3O5Si/c1-29(2,3)40(6,7)39-20-30(36,22-14-9-8-10-15-22)23-17-25(31)28(33-18-23)38-19-21-13-11-12-16-24(21)26(34-37-5)27(35)32-4/h8-18,36H,19-20H2,1-7H3,(H,32,35)/b34-26+. The predicted molar refractivity (Wildman–Crippen MR) is 160 cm³/mol. The largest absolute Gasteiger partial charge is 0.472 e. The first-order valence-corrected chi connectivity index (χ1v) is 16.2. The number of carbonyl (C=O) groups excluding carboxylic acids is 1. The Morgan fingerprint density at radius 2 is 1.73 bits per heavy atom. The lowest BCUT2D eigenvalue weighted by Crippen LogP contribution is -2.45. The van der Waals surface area contributed by atoms with E-state index in [1.54, 1.807) is 24.4 Å². The van der Waals surface area contributed by atoms with E-state index in [2.05, 4.69) is 49.3 Å². The van der Waals surface area contributed by atoms with E-state index in [9.17, 15) is 9.90 Å². The second-order valence-electron chi connectivity index (χ2n) is 10.9. The maximum absolute atomic E-state index is 12.4. The Morgan fingerprint density at radius 1 is 1.07 bits per heavy atom. The van der Waals surface area contributed by atoms with Crippen LogP contribution in [0.3, 0.4) is 0 Å². The number of benzene rings is 2. The van der Waals surface area contributed by atoms with Gasteiger partial charge >= 0.3 is 0 Å². The summed E-state index contributed by atoms with van der Waals surface area (Å²) in [4.78, 5) is 21.7. The summed E-state index contributed by atoms with van der Waals surface area (Å²) < 4.78 is 12.4. The second kappa shape index (κ2) is 12.9. The normalized spacial score (nSPS) is 13.9. The van der Waals surface area contributed by atoms with Crippen molar-refractivity contribution in [2.75, 3.05) is 20.8 Å². The van der Waals surface area contributed by atoms with Crippen LogP contribution in [0, 0.1) is 0 Å². The number of halogens is 1. The zero-order valence-electron chi connectivity index (χ0n) is 24.1. The molecule has 1 amide bonds. The Bertz CT molecular complexity index is 1340. The molecule has 1 aromatic heterocycles. The molecule has 2 N–H and O–H groups in total. The van der Waals surface area contributed by atoms with Gasteiger partial charge in [0.2, 0.25) is 5.88 Å². The van der Waals surface area contributed by atoms with Crippen molar-refractivity contribution in [1.29, 1.82) is 0 Å². The average molecular weight is 584 g/mol. The summed E-state index contributed by atoms with van der Waals surface area (Å²) in [5.74, 6) is -0.207. The van der Waals surface area contributed by atoms with Crippen molar-refractivity contribution >= 4 is 31.5 Å². The van der Waals surface area contributed by atoms with Gasteiger partial charge in [-0.3, -0.25) is 4.79 Å². The number of hydrogen-bond donors (Lipinski definition) is 2. The van der Waals surface area contributed by atoms with E-state index in [-0.39, 0.29) is 34.9 Å². The van der Waals surface area contributed by atoms with Crippen LogP contribution in [0.1, 0.15) is 43.0 Å². The molecule has 3 aromatic rings. The van der Waals surface area contributed by atoms with E-state index < -0.39 is 19.8 Å². The molecule has 0 aliphatic heterocycles. The Hall–Kier alpha value is -3.24. The Balaban J connectivity index is 1.91. The van der Waals surface area contributed by atoms with Crippen molar-refractivity contribution in [2.45, 2.75) is 51.1 Å². The summed E-state index contributed by atoms with van der Waals surface area (Å²) in [6, 6.07) is 18.2. The summed E-state index contributed by atoms with van der Waals surface area (Å²) in [5.41, 5.74) is 1.05. The number of amides is 1. The van der Waals surface area contributed by atoms with Crippen LogP contribution in [0.4, 0.5) is 0 Å². The molecule has 0 saturated carbocycles. The third-order valence-electron chi connectivity index (χ3n) is 7.25. The van der Waals surface area contributed by atoms with Crippen molar-refractivity contribution in [3.63, 3.8) is 0 Å². The molecule has 0 aliphatic carbocycles. The van der Waals surface area contributed by atoms with Gasteiger partial charge in [0, 0.05) is 24.4 Å². The zero-order valence-corrected chi connectivity index (χ0v) is 25.9. The lowest BCUT2D eigenvalue weighted by molar-refractivity contribution is -0.114. The first kappa shape index (κ1) is 31.3. The molecule has 1 atom stereocenters. The van der Waals surface area contributed by atoms with Gasteiger partial charge in [-0.05, 0) is 35.3 Å². The first-order chi connectivity index (χ1) is 18.8. The van der Waals surface area contributed by atoms with Crippen LogP contribution in [0.5, 0.6) is 5.88 Å². The fourth-order valence-electron chi connectivity index (χ4n) is 3.75. The van der Waals surface area contributed by atoms with Crippen LogP contribution < -0.4 is 10.1 Å². The third-order valence-corrected chi connectivity index (χ3v) is 12.0. The quantitative estimate of drug-likeness (QED) is 0.171. The molecule has 2 aromatic carbocycles. The molecule has 10 heteroatoms. The minimum absolute atomic E-state index is 0.0277. The molecule has 0 radical (unpaired) electrons. The summed E-state index contributed by atoms with van der Waals surface area (Å²) in [6.45, 7) is 10.9. The van der Waals surface area contributed by atoms with E-state index in [1.807, 2.05) is 42.5 Å². The van der Waals surface area contributed by atoms with Gasteiger partial charge in [0.1, 0.15) is 24.3 Å². The smallest absolute Gasteiger partial charge is 0.273 e. The van der Waals surface area contributed by atoms with E-state index in [1.165, 1.54) is 14.2 Å². The number of nitrogens with one attached hydrogen (secondary N) is 1. The third kappa shape index (κ3) is 7.09. The molecule has 214 valence electrons. The Kier molecular flexibility index (Phi) is 10.1. The van der Waals surface area contributed by atoms with E-state index in [0.29, 0.717) is 22.3 Å². The maximum Gasteiger partial charge on any atom is 0.273 e. The molecule has 8 nitrogen and oxygen atoms in total. The van der Waals surface area contributed by atoms with E-state index >= 15 is 0 Å². The number of aromatic nitrogens is 1. The minimum atomic E-state index is -2.17. The molecule has 0 fully saturated rings. The van der Waals surface area contributed by atoms with Crippen molar-refractivity contribution < 1.29 is 23.9 Å². The Labute approximate surface area is 242 Å². The number of rotatable bonds is 11. The SMILES string of the molecule is CNC(=O)/C(=N/OC)c1ccccc1COc1ncc(C(O)(CO[Si](C)(C)C(C)(C)C)c2ccccc2)cc1Cl. The molecular weight excluding hydrogens is 546 g/mol. The van der Waals surface area contributed by atoms with Crippen molar-refractivity contribution in [3.8, 4) is 5.88 Å². The molecule has 0 saturated heterocycles. The number of oxime groups is 1. The molecule has 0 bridgehead atoms. The summed E-state index contributed by atoms with van der Waals surface area (Å²) in [6.07, 6.45) is 1.55. The van der Waals surface area contributed by atoms with Crippen LogP contribution in [-0.2, 0) is 26.3 Å². The summed E-state index contributed by atoms with van der Waals surface area (Å²) in [5, 5.41) is 18.7. The van der Waals surface area contributed by atoms with E-state index in [0.717, 1.165) is 0 Å².